The van der Waals surface area contributed by atoms with Gasteiger partial charge in [-0.05, 0) is 42.7 Å². The van der Waals surface area contributed by atoms with Gasteiger partial charge >= 0.3 is 0 Å². The number of aliphatic hydroxyl groups excluding tert-OH is 1. The van der Waals surface area contributed by atoms with Crippen LogP contribution in [-0.2, 0) is 6.42 Å². The normalized spacial score (nSPS) is 18.8. The zero-order chi connectivity index (χ0) is 13.9. The van der Waals surface area contributed by atoms with Gasteiger partial charge in [0.15, 0.2) is 0 Å². The van der Waals surface area contributed by atoms with Crippen LogP contribution in [0, 0.1) is 0 Å². The highest BCUT2D eigenvalue weighted by Crippen LogP contribution is 2.39. The summed E-state index contributed by atoms with van der Waals surface area (Å²) in [4.78, 5) is 2.73. The molecule has 2 unspecified atom stereocenters. The maximum atomic E-state index is 9.51. The van der Waals surface area contributed by atoms with Crippen LogP contribution < -0.4 is 0 Å². The number of rotatable bonds is 4. The Morgan fingerprint density at radius 1 is 1.20 bits per heavy atom. The molecule has 20 heavy (non-hydrogen) atoms. The van der Waals surface area contributed by atoms with Gasteiger partial charge in [0.25, 0.3) is 0 Å². The summed E-state index contributed by atoms with van der Waals surface area (Å²) in [6.45, 7) is 1.80. The van der Waals surface area contributed by atoms with Crippen LogP contribution in [0.3, 0.4) is 0 Å². The molecule has 0 aliphatic carbocycles. The maximum absolute atomic E-state index is 9.51. The lowest BCUT2D eigenvalue weighted by molar-refractivity contribution is 0.199. The molecule has 2 atom stereocenters. The first-order chi connectivity index (χ1) is 9.72. The van der Waals surface area contributed by atoms with Crippen LogP contribution in [-0.4, -0.2) is 16.1 Å². The zero-order valence-corrected chi connectivity index (χ0v) is 13.1. The van der Waals surface area contributed by atoms with Gasteiger partial charge < -0.3 is 5.11 Å². The Morgan fingerprint density at radius 2 is 1.95 bits per heavy atom. The van der Waals surface area contributed by atoms with E-state index in [1.807, 2.05) is 35.7 Å². The van der Waals surface area contributed by atoms with Crippen LogP contribution in [0.5, 0.6) is 0 Å². The van der Waals surface area contributed by atoms with E-state index in [4.69, 9.17) is 0 Å². The van der Waals surface area contributed by atoms with Crippen molar-refractivity contribution in [3.63, 3.8) is 0 Å². The quantitative estimate of drug-likeness (QED) is 0.837. The third-order valence-electron chi connectivity index (χ3n) is 3.51. The largest absolute Gasteiger partial charge is 0.389 e. The SMILES string of the molecule is CC(O)c1ccc(SCC2Cc3ccccc3S2)cc1. The topological polar surface area (TPSA) is 20.2 Å². The second-order valence-corrected chi connectivity index (χ2v) is 7.54. The molecule has 1 aliphatic rings. The van der Waals surface area contributed by atoms with Crippen LogP contribution >= 0.6 is 23.5 Å². The lowest BCUT2D eigenvalue weighted by Gasteiger charge is -2.09. The van der Waals surface area contributed by atoms with Gasteiger partial charge in [-0.2, -0.15) is 0 Å². The fraction of sp³-hybridized carbons (Fsp3) is 0.294. The molecule has 2 aromatic carbocycles. The van der Waals surface area contributed by atoms with Gasteiger partial charge in [0, 0.05) is 20.8 Å². The van der Waals surface area contributed by atoms with Crippen LogP contribution in [0.4, 0.5) is 0 Å². The zero-order valence-electron chi connectivity index (χ0n) is 11.5. The van der Waals surface area contributed by atoms with Gasteiger partial charge in [-0.1, -0.05) is 30.3 Å². The summed E-state index contributed by atoms with van der Waals surface area (Å²) in [6.07, 6.45) is 0.800. The number of hydrogen-bond acceptors (Lipinski definition) is 3. The summed E-state index contributed by atoms with van der Waals surface area (Å²) in [7, 11) is 0. The molecule has 0 spiro atoms. The minimum Gasteiger partial charge on any atom is -0.389 e. The molecular formula is C17H18OS2. The van der Waals surface area contributed by atoms with E-state index < -0.39 is 0 Å². The number of thioether (sulfide) groups is 2. The van der Waals surface area contributed by atoms with Crippen molar-refractivity contribution in [1.82, 2.24) is 0 Å². The van der Waals surface area contributed by atoms with E-state index in [-0.39, 0.29) is 6.10 Å². The molecule has 0 aromatic heterocycles. The number of benzene rings is 2. The Labute approximate surface area is 128 Å². The van der Waals surface area contributed by atoms with E-state index >= 15 is 0 Å². The van der Waals surface area contributed by atoms with Crippen molar-refractivity contribution >= 4 is 23.5 Å². The number of fused-ring (bicyclic) bond motifs is 1. The van der Waals surface area contributed by atoms with Crippen molar-refractivity contribution in [2.75, 3.05) is 5.75 Å². The van der Waals surface area contributed by atoms with Gasteiger partial charge in [0.2, 0.25) is 0 Å². The van der Waals surface area contributed by atoms with Crippen molar-refractivity contribution in [3.05, 3.63) is 59.7 Å². The van der Waals surface area contributed by atoms with Crippen LogP contribution in [0.1, 0.15) is 24.2 Å². The third-order valence-corrected chi connectivity index (χ3v) is 6.22. The summed E-state index contributed by atoms with van der Waals surface area (Å²) >= 11 is 3.91. The average Bonchev–Trinajstić information content (AvgIpc) is 2.88. The van der Waals surface area contributed by atoms with Gasteiger partial charge in [0.05, 0.1) is 6.10 Å². The first-order valence-corrected chi connectivity index (χ1v) is 8.74. The fourth-order valence-electron chi connectivity index (χ4n) is 2.38. The van der Waals surface area contributed by atoms with E-state index in [0.717, 1.165) is 11.3 Å². The molecule has 1 aliphatic heterocycles. The molecule has 0 bridgehead atoms. The predicted molar refractivity (Wildman–Crippen MR) is 87.6 cm³/mol. The minimum absolute atomic E-state index is 0.381. The monoisotopic (exact) mass is 302 g/mol. The van der Waals surface area contributed by atoms with E-state index in [0.29, 0.717) is 5.25 Å². The molecule has 0 saturated carbocycles. The van der Waals surface area contributed by atoms with Gasteiger partial charge in [-0.15, -0.1) is 23.5 Å². The number of aliphatic hydroxyl groups is 1. The van der Waals surface area contributed by atoms with Crippen LogP contribution in [0.25, 0.3) is 0 Å². The molecule has 1 heterocycles. The van der Waals surface area contributed by atoms with Crippen molar-refractivity contribution < 1.29 is 5.11 Å². The van der Waals surface area contributed by atoms with Crippen LogP contribution in [0.15, 0.2) is 58.3 Å². The molecular weight excluding hydrogens is 284 g/mol. The Hall–Kier alpha value is -0.900. The second-order valence-electron chi connectivity index (χ2n) is 5.11. The summed E-state index contributed by atoms with van der Waals surface area (Å²) in [5.74, 6) is 1.13. The Morgan fingerprint density at radius 3 is 2.65 bits per heavy atom. The van der Waals surface area contributed by atoms with Crippen LogP contribution in [0.2, 0.25) is 0 Å². The van der Waals surface area contributed by atoms with Crippen molar-refractivity contribution in [2.45, 2.75) is 34.5 Å². The molecule has 2 aromatic rings. The molecule has 104 valence electrons. The standard InChI is InChI=1S/C17H18OS2/c1-12(18)13-6-8-15(9-7-13)19-11-16-10-14-4-2-3-5-17(14)20-16/h2-9,12,16,18H,10-11H2,1H3. The summed E-state index contributed by atoms with van der Waals surface area (Å²) in [5, 5.41) is 10.2. The molecule has 0 saturated heterocycles. The first-order valence-electron chi connectivity index (χ1n) is 6.88. The van der Waals surface area contributed by atoms with Crippen molar-refractivity contribution in [2.24, 2.45) is 0 Å². The Kier molecular flexibility index (Phi) is 4.39. The number of hydrogen-bond donors (Lipinski definition) is 1. The summed E-state index contributed by atoms with van der Waals surface area (Å²) in [6, 6.07) is 17.0. The van der Waals surface area contributed by atoms with Crippen molar-refractivity contribution in [3.8, 4) is 0 Å². The molecule has 3 rings (SSSR count). The highest BCUT2D eigenvalue weighted by atomic mass is 32.2. The van der Waals surface area contributed by atoms with E-state index in [2.05, 4.69) is 36.4 Å². The first kappa shape index (κ1) is 14.1. The Bertz CT molecular complexity index is 553. The highest BCUT2D eigenvalue weighted by molar-refractivity contribution is 8.03. The van der Waals surface area contributed by atoms with Gasteiger partial charge in [-0.3, -0.25) is 0 Å². The average molecular weight is 302 g/mol. The maximum Gasteiger partial charge on any atom is 0.0761 e. The molecule has 1 nitrogen and oxygen atoms in total. The van der Waals surface area contributed by atoms with Gasteiger partial charge in [0.1, 0.15) is 0 Å². The Balaban J connectivity index is 1.56. The summed E-state index contributed by atoms with van der Waals surface area (Å²) in [5.41, 5.74) is 2.48. The smallest absolute Gasteiger partial charge is 0.0761 e. The molecule has 1 N–H and O–H groups in total. The van der Waals surface area contributed by atoms with E-state index in [1.165, 1.54) is 21.8 Å². The predicted octanol–water partition coefficient (Wildman–Crippen LogP) is 4.55. The fourth-order valence-corrected chi connectivity index (χ4v) is 4.76. The highest BCUT2D eigenvalue weighted by Gasteiger charge is 2.21. The lowest BCUT2D eigenvalue weighted by Crippen LogP contribution is -2.03. The molecule has 0 fully saturated rings. The van der Waals surface area contributed by atoms with E-state index in [1.54, 1.807) is 6.92 Å². The molecule has 3 heteroatoms. The molecule has 0 amide bonds. The third kappa shape index (κ3) is 3.22. The molecule has 0 radical (unpaired) electrons. The van der Waals surface area contributed by atoms with E-state index in [9.17, 15) is 5.11 Å². The minimum atomic E-state index is -0.381. The van der Waals surface area contributed by atoms with Gasteiger partial charge in [-0.25, -0.2) is 0 Å². The summed E-state index contributed by atoms with van der Waals surface area (Å²) < 4.78 is 0. The second kappa shape index (κ2) is 6.25. The lowest BCUT2D eigenvalue weighted by atomic mass is 10.1. The van der Waals surface area contributed by atoms with Crippen molar-refractivity contribution in [1.29, 1.82) is 0 Å².